The first-order chi connectivity index (χ1) is 11.5. The Morgan fingerprint density at radius 2 is 1.80 bits per heavy atom. The molecule has 0 unspecified atom stereocenters. The van der Waals surface area contributed by atoms with E-state index in [0.717, 1.165) is 25.0 Å². The average Bonchev–Trinajstić information content (AvgIpc) is 2.97. The van der Waals surface area contributed by atoms with E-state index in [1.54, 1.807) is 0 Å². The van der Waals surface area contributed by atoms with Crippen LogP contribution in [0.2, 0.25) is 0 Å². The van der Waals surface area contributed by atoms with Gasteiger partial charge in [-0.2, -0.15) is 0 Å². The van der Waals surface area contributed by atoms with Crippen molar-refractivity contribution in [2.24, 2.45) is 5.73 Å². The lowest BCUT2D eigenvalue weighted by atomic mass is 10.0. The zero-order chi connectivity index (χ0) is 18.9. The maximum atomic E-state index is 14.2. The Hall–Kier alpha value is -1.23. The van der Waals surface area contributed by atoms with Crippen molar-refractivity contribution in [2.75, 3.05) is 11.3 Å². The number of hydrogen-bond acceptors (Lipinski definition) is 5. The zero-order valence-corrected chi connectivity index (χ0v) is 15.9. The molecule has 142 valence electrons. The third kappa shape index (κ3) is 4.49. The average molecular weight is 394 g/mol. The summed E-state index contributed by atoms with van der Waals surface area (Å²) in [6.45, 7) is 3.08. The molecule has 0 atom stereocenters. The quantitative estimate of drug-likeness (QED) is 0.649. The summed E-state index contributed by atoms with van der Waals surface area (Å²) < 4.78 is 67.6. The molecule has 0 heterocycles. The van der Waals surface area contributed by atoms with Crippen LogP contribution in [-0.2, 0) is 20.0 Å². The van der Waals surface area contributed by atoms with Crippen LogP contribution in [0.5, 0.6) is 0 Å². The lowest BCUT2D eigenvalue weighted by Crippen LogP contribution is -2.51. The second-order valence-corrected chi connectivity index (χ2v) is 10.6. The van der Waals surface area contributed by atoms with Crippen molar-refractivity contribution in [3.05, 3.63) is 24.0 Å². The van der Waals surface area contributed by atoms with E-state index < -0.39 is 36.7 Å². The monoisotopic (exact) mass is 393 g/mol. The van der Waals surface area contributed by atoms with Gasteiger partial charge in [0.05, 0.1) is 15.8 Å². The van der Waals surface area contributed by atoms with Crippen LogP contribution in [0, 0.1) is 5.82 Å². The molecular weight excluding hydrogens is 369 g/mol. The molecule has 25 heavy (non-hydrogen) atoms. The third-order valence-electron chi connectivity index (χ3n) is 4.43. The van der Waals surface area contributed by atoms with Crippen molar-refractivity contribution in [3.8, 4) is 0 Å². The molecule has 1 aliphatic carbocycles. The predicted molar refractivity (Wildman–Crippen MR) is 94.7 cm³/mol. The van der Waals surface area contributed by atoms with Gasteiger partial charge in [0, 0.05) is 12.1 Å². The van der Waals surface area contributed by atoms with E-state index >= 15 is 0 Å². The van der Waals surface area contributed by atoms with E-state index in [0.29, 0.717) is 12.8 Å². The fourth-order valence-corrected chi connectivity index (χ4v) is 4.95. The third-order valence-corrected chi connectivity index (χ3v) is 7.75. The summed E-state index contributed by atoms with van der Waals surface area (Å²) in [6, 6.07) is 3.08. The van der Waals surface area contributed by atoms with Crippen LogP contribution in [0.25, 0.3) is 0 Å². The first-order valence-corrected chi connectivity index (χ1v) is 11.1. The summed E-state index contributed by atoms with van der Waals surface area (Å²) in [5.74, 6) is -0.958. The van der Waals surface area contributed by atoms with Crippen LogP contribution in [0.3, 0.4) is 0 Å². The molecule has 0 radical (unpaired) electrons. The second-order valence-electron chi connectivity index (χ2n) is 6.63. The molecule has 0 saturated heterocycles. The second kappa shape index (κ2) is 7.18. The number of hydrogen-bond donors (Lipinski definition) is 3. The van der Waals surface area contributed by atoms with Crippen LogP contribution >= 0.6 is 0 Å². The summed E-state index contributed by atoms with van der Waals surface area (Å²) in [6.07, 6.45) is 3.03. The Labute approximate surface area is 148 Å². The number of sulfonamides is 2. The van der Waals surface area contributed by atoms with Crippen molar-refractivity contribution in [2.45, 2.75) is 55.2 Å². The SMILES string of the molecule is CC(C)S(=O)(=O)Nc1ccc(S(=O)(=O)NC2(CN)CCCC2)cc1F. The van der Waals surface area contributed by atoms with E-state index in [-0.39, 0.29) is 17.1 Å². The number of nitrogens with two attached hydrogens (primary N) is 1. The van der Waals surface area contributed by atoms with Crippen molar-refractivity contribution >= 4 is 25.7 Å². The van der Waals surface area contributed by atoms with Crippen molar-refractivity contribution in [1.82, 2.24) is 4.72 Å². The molecule has 1 aromatic carbocycles. The Bertz CT molecular complexity index is 832. The molecule has 10 heteroatoms. The van der Waals surface area contributed by atoms with Gasteiger partial charge in [-0.05, 0) is 44.9 Å². The molecule has 7 nitrogen and oxygen atoms in total. The van der Waals surface area contributed by atoms with Gasteiger partial charge in [0.25, 0.3) is 0 Å². The predicted octanol–water partition coefficient (Wildman–Crippen LogP) is 1.53. The van der Waals surface area contributed by atoms with Crippen molar-refractivity contribution < 1.29 is 21.2 Å². The largest absolute Gasteiger partial charge is 0.329 e. The molecule has 1 fully saturated rings. The lowest BCUT2D eigenvalue weighted by Gasteiger charge is -2.28. The Kier molecular flexibility index (Phi) is 5.77. The fourth-order valence-electron chi connectivity index (χ4n) is 2.76. The highest BCUT2D eigenvalue weighted by atomic mass is 32.2. The van der Waals surface area contributed by atoms with Crippen molar-refractivity contribution in [1.29, 1.82) is 0 Å². The smallest absolute Gasteiger partial charge is 0.241 e. The summed E-state index contributed by atoms with van der Waals surface area (Å²) in [4.78, 5) is -0.266. The first-order valence-electron chi connectivity index (χ1n) is 8.07. The molecule has 0 aliphatic heterocycles. The van der Waals surface area contributed by atoms with Gasteiger partial charge in [-0.25, -0.2) is 25.9 Å². The normalized spacial score (nSPS) is 17.8. The summed E-state index contributed by atoms with van der Waals surface area (Å²) >= 11 is 0. The Balaban J connectivity index is 2.27. The maximum Gasteiger partial charge on any atom is 0.241 e. The van der Waals surface area contributed by atoms with Crippen LogP contribution < -0.4 is 15.2 Å². The van der Waals surface area contributed by atoms with Crippen molar-refractivity contribution in [3.63, 3.8) is 0 Å². The topological polar surface area (TPSA) is 118 Å². The van der Waals surface area contributed by atoms with Crippen LogP contribution in [0.1, 0.15) is 39.5 Å². The molecular formula is C15H24FN3O4S2. The van der Waals surface area contributed by atoms with E-state index in [4.69, 9.17) is 5.73 Å². The van der Waals surface area contributed by atoms with E-state index in [1.807, 2.05) is 0 Å². The summed E-state index contributed by atoms with van der Waals surface area (Å²) in [5, 5.41) is -0.747. The Morgan fingerprint density at radius 1 is 1.20 bits per heavy atom. The molecule has 0 bridgehead atoms. The summed E-state index contributed by atoms with van der Waals surface area (Å²) in [5.41, 5.74) is 4.74. The molecule has 2 rings (SSSR count). The minimum absolute atomic E-state index is 0.168. The van der Waals surface area contributed by atoms with Crippen LogP contribution in [0.4, 0.5) is 10.1 Å². The standard InChI is InChI=1S/C15H24FN3O4S2/c1-11(2)24(20,21)18-14-6-5-12(9-13(14)16)25(22,23)19-15(10-17)7-3-4-8-15/h5-6,9,11,18-19H,3-4,7-8,10,17H2,1-2H3. The number of rotatable bonds is 7. The molecule has 1 aromatic rings. The minimum atomic E-state index is -3.96. The Morgan fingerprint density at radius 3 is 2.28 bits per heavy atom. The first kappa shape index (κ1) is 20.1. The van der Waals surface area contributed by atoms with Gasteiger partial charge in [0.15, 0.2) is 0 Å². The highest BCUT2D eigenvalue weighted by Crippen LogP contribution is 2.31. The number of nitrogens with one attached hydrogen (secondary N) is 2. The molecule has 0 spiro atoms. The lowest BCUT2D eigenvalue weighted by molar-refractivity contribution is 0.399. The van der Waals surface area contributed by atoms with E-state index in [9.17, 15) is 21.2 Å². The highest BCUT2D eigenvalue weighted by molar-refractivity contribution is 7.93. The van der Waals surface area contributed by atoms with Gasteiger partial charge < -0.3 is 5.73 Å². The van der Waals surface area contributed by atoms with Gasteiger partial charge in [-0.15, -0.1) is 0 Å². The minimum Gasteiger partial charge on any atom is -0.329 e. The number of halogens is 1. The van der Waals surface area contributed by atoms with Gasteiger partial charge in [-0.3, -0.25) is 4.72 Å². The molecule has 1 saturated carbocycles. The molecule has 1 aliphatic rings. The van der Waals surface area contributed by atoms with Crippen LogP contribution in [0.15, 0.2) is 23.1 Å². The highest BCUT2D eigenvalue weighted by Gasteiger charge is 2.37. The maximum absolute atomic E-state index is 14.2. The van der Waals surface area contributed by atoms with Gasteiger partial charge in [0.2, 0.25) is 20.0 Å². The molecule has 0 aromatic heterocycles. The summed E-state index contributed by atoms with van der Waals surface area (Å²) in [7, 11) is -7.69. The zero-order valence-electron chi connectivity index (χ0n) is 14.2. The molecule has 4 N–H and O–H groups in total. The van der Waals surface area contributed by atoms with Gasteiger partial charge in [-0.1, -0.05) is 12.8 Å². The van der Waals surface area contributed by atoms with E-state index in [1.165, 1.54) is 19.9 Å². The van der Waals surface area contributed by atoms with Gasteiger partial charge in [0.1, 0.15) is 5.82 Å². The van der Waals surface area contributed by atoms with E-state index in [2.05, 4.69) is 9.44 Å². The fraction of sp³-hybridized carbons (Fsp3) is 0.600. The van der Waals surface area contributed by atoms with Crippen LogP contribution in [-0.4, -0.2) is 34.2 Å². The molecule has 0 amide bonds. The number of anilines is 1. The van der Waals surface area contributed by atoms with Gasteiger partial charge >= 0.3 is 0 Å². The number of benzene rings is 1.